The van der Waals surface area contributed by atoms with Gasteiger partial charge in [0, 0.05) is 11.6 Å². The molecule has 1 heterocycles. The highest BCUT2D eigenvalue weighted by molar-refractivity contribution is 5.89. The predicted molar refractivity (Wildman–Crippen MR) is 130 cm³/mol. The van der Waals surface area contributed by atoms with Gasteiger partial charge < -0.3 is 15.2 Å². The number of hydrogen-bond donors (Lipinski definition) is 1. The molecule has 34 heavy (non-hydrogen) atoms. The Morgan fingerprint density at radius 2 is 1.79 bits per heavy atom. The fraction of sp³-hybridized carbons (Fsp3) is 0.103. The summed E-state index contributed by atoms with van der Waals surface area (Å²) in [4.78, 5) is 12.7. The van der Waals surface area contributed by atoms with Crippen molar-refractivity contribution >= 4 is 16.7 Å². The number of nitriles is 1. The second-order valence-corrected chi connectivity index (χ2v) is 8.32. The van der Waals surface area contributed by atoms with E-state index < -0.39 is 0 Å². The molecule has 0 spiro atoms. The summed E-state index contributed by atoms with van der Waals surface area (Å²) in [6, 6.07) is 29.2. The van der Waals surface area contributed by atoms with Crippen molar-refractivity contribution in [2.24, 2.45) is 5.73 Å². The van der Waals surface area contributed by atoms with Gasteiger partial charge in [-0.05, 0) is 34.9 Å². The molecule has 0 bridgehead atoms. The van der Waals surface area contributed by atoms with Crippen LogP contribution >= 0.6 is 0 Å². The lowest BCUT2D eigenvalue weighted by molar-refractivity contribution is -0.133. The molecule has 5 rings (SSSR count). The number of fused-ring (bicyclic) bond motifs is 2. The number of ether oxygens (including phenoxy) is 2. The van der Waals surface area contributed by atoms with Gasteiger partial charge in [0.15, 0.2) is 0 Å². The summed E-state index contributed by atoms with van der Waals surface area (Å²) in [5.41, 5.74) is 10.2. The Morgan fingerprint density at radius 1 is 1.03 bits per heavy atom. The molecule has 1 atom stereocenters. The number of rotatable bonds is 4. The third kappa shape index (κ3) is 3.98. The van der Waals surface area contributed by atoms with Gasteiger partial charge in [-0.25, -0.2) is 0 Å². The van der Waals surface area contributed by atoms with Crippen molar-refractivity contribution in [1.29, 1.82) is 5.26 Å². The molecule has 2 N–H and O–H groups in total. The zero-order valence-electron chi connectivity index (χ0n) is 18.6. The molecule has 0 amide bonds. The summed E-state index contributed by atoms with van der Waals surface area (Å²) in [5, 5.41) is 11.8. The molecule has 0 fully saturated rings. The molecule has 0 saturated carbocycles. The van der Waals surface area contributed by atoms with Crippen molar-refractivity contribution in [3.05, 3.63) is 119 Å². The molecule has 4 aromatic rings. The first-order valence-corrected chi connectivity index (χ1v) is 11.0. The van der Waals surface area contributed by atoms with Crippen LogP contribution in [0.1, 0.15) is 28.2 Å². The van der Waals surface area contributed by atoms with Gasteiger partial charge in [0.25, 0.3) is 0 Å². The first-order chi connectivity index (χ1) is 16.5. The predicted octanol–water partition coefficient (Wildman–Crippen LogP) is 5.51. The van der Waals surface area contributed by atoms with E-state index in [4.69, 9.17) is 15.2 Å². The number of carbonyl (C=O) groups is 1. The fourth-order valence-corrected chi connectivity index (χ4v) is 4.37. The normalized spacial score (nSPS) is 14.8. The summed E-state index contributed by atoms with van der Waals surface area (Å²) in [7, 11) is 0. The van der Waals surface area contributed by atoms with Gasteiger partial charge in [0.05, 0.1) is 12.3 Å². The highest BCUT2D eigenvalue weighted by Crippen LogP contribution is 2.43. The van der Waals surface area contributed by atoms with E-state index in [1.54, 1.807) is 12.1 Å². The number of allylic oxidation sites excluding steroid dienone is 1. The maximum atomic E-state index is 12.7. The van der Waals surface area contributed by atoms with E-state index in [1.165, 1.54) is 0 Å². The molecule has 0 aliphatic carbocycles. The largest absolute Gasteiger partial charge is 0.440 e. The SMILES string of the molecule is Cc1ccc(C2C(C#N)=C(N)Oc3cc(OC(=O)Cc4cccc5ccccc45)ccc32)cc1. The van der Waals surface area contributed by atoms with Crippen LogP contribution in [-0.4, -0.2) is 5.97 Å². The van der Waals surface area contributed by atoms with Gasteiger partial charge in [-0.15, -0.1) is 0 Å². The van der Waals surface area contributed by atoms with Crippen LogP contribution in [0.5, 0.6) is 11.5 Å². The van der Waals surface area contributed by atoms with Crippen LogP contribution in [0.2, 0.25) is 0 Å². The second-order valence-electron chi connectivity index (χ2n) is 8.32. The molecule has 1 aliphatic heterocycles. The average Bonchev–Trinajstić information content (AvgIpc) is 2.84. The minimum atomic E-state index is -0.372. The molecule has 5 heteroatoms. The minimum Gasteiger partial charge on any atom is -0.440 e. The summed E-state index contributed by atoms with van der Waals surface area (Å²) in [6.45, 7) is 2.01. The zero-order valence-corrected chi connectivity index (χ0v) is 18.6. The van der Waals surface area contributed by atoms with Crippen molar-refractivity contribution in [2.45, 2.75) is 19.3 Å². The van der Waals surface area contributed by atoms with E-state index in [9.17, 15) is 10.1 Å². The minimum absolute atomic E-state index is 0.0554. The van der Waals surface area contributed by atoms with Crippen molar-refractivity contribution < 1.29 is 14.3 Å². The van der Waals surface area contributed by atoms with Gasteiger partial charge >= 0.3 is 5.97 Å². The van der Waals surface area contributed by atoms with Gasteiger partial charge in [-0.2, -0.15) is 5.26 Å². The molecule has 1 unspecified atom stereocenters. The summed E-state index contributed by atoms with van der Waals surface area (Å²) >= 11 is 0. The first-order valence-electron chi connectivity index (χ1n) is 11.0. The van der Waals surface area contributed by atoms with Crippen LogP contribution in [0.25, 0.3) is 10.8 Å². The molecule has 166 valence electrons. The monoisotopic (exact) mass is 446 g/mol. The second kappa shape index (κ2) is 8.76. The standard InChI is InChI=1S/C29H22N2O3/c1-18-9-11-20(12-10-18)28-24-14-13-22(16-26(24)34-29(31)25(28)17-30)33-27(32)15-21-7-4-6-19-5-2-3-8-23(19)21/h2-14,16,28H,15,31H2,1H3. The lowest BCUT2D eigenvalue weighted by Crippen LogP contribution is -2.21. The number of benzene rings is 4. The first kappa shape index (κ1) is 21.3. The summed E-state index contributed by atoms with van der Waals surface area (Å²) in [5.74, 6) is 0.162. The van der Waals surface area contributed by atoms with E-state index in [2.05, 4.69) is 6.07 Å². The summed E-state index contributed by atoms with van der Waals surface area (Å²) < 4.78 is 11.4. The lowest BCUT2D eigenvalue weighted by atomic mass is 9.83. The third-order valence-corrected chi connectivity index (χ3v) is 6.05. The number of hydrogen-bond acceptors (Lipinski definition) is 5. The van der Waals surface area contributed by atoms with E-state index >= 15 is 0 Å². The maximum absolute atomic E-state index is 12.7. The topological polar surface area (TPSA) is 85.3 Å². The lowest BCUT2D eigenvalue weighted by Gasteiger charge is -2.26. The van der Waals surface area contributed by atoms with Crippen LogP contribution in [0.4, 0.5) is 0 Å². The fourth-order valence-electron chi connectivity index (χ4n) is 4.37. The van der Waals surface area contributed by atoms with E-state index in [0.717, 1.165) is 33.0 Å². The van der Waals surface area contributed by atoms with Gasteiger partial charge in [-0.3, -0.25) is 4.79 Å². The Bertz CT molecular complexity index is 1470. The van der Waals surface area contributed by atoms with Gasteiger partial charge in [0.1, 0.15) is 23.1 Å². The Labute approximate surface area is 197 Å². The smallest absolute Gasteiger partial charge is 0.315 e. The van der Waals surface area contributed by atoms with Crippen molar-refractivity contribution in [2.75, 3.05) is 0 Å². The van der Waals surface area contributed by atoms with Gasteiger partial charge in [0.2, 0.25) is 5.88 Å². The molecule has 1 aliphatic rings. The summed E-state index contributed by atoms with van der Waals surface area (Å²) in [6.07, 6.45) is 0.145. The highest BCUT2D eigenvalue weighted by atomic mass is 16.5. The van der Waals surface area contributed by atoms with E-state index in [-0.39, 0.29) is 24.2 Å². The molecule has 4 aromatic carbocycles. The zero-order chi connectivity index (χ0) is 23.7. The van der Waals surface area contributed by atoms with E-state index in [0.29, 0.717) is 17.1 Å². The number of carbonyl (C=O) groups excluding carboxylic acids is 1. The number of aryl methyl sites for hydroxylation is 1. The van der Waals surface area contributed by atoms with Crippen molar-refractivity contribution in [3.63, 3.8) is 0 Å². The Morgan fingerprint density at radius 3 is 2.59 bits per heavy atom. The molecular formula is C29H22N2O3. The Balaban J connectivity index is 1.42. The van der Waals surface area contributed by atoms with Crippen LogP contribution in [0.3, 0.4) is 0 Å². The number of nitrogens with zero attached hydrogens (tertiary/aromatic N) is 1. The van der Waals surface area contributed by atoms with Crippen LogP contribution < -0.4 is 15.2 Å². The van der Waals surface area contributed by atoms with Crippen LogP contribution in [-0.2, 0) is 11.2 Å². The van der Waals surface area contributed by atoms with Crippen molar-refractivity contribution in [3.8, 4) is 17.6 Å². The number of nitrogens with two attached hydrogens (primary N) is 1. The number of esters is 1. The molecular weight excluding hydrogens is 424 g/mol. The highest BCUT2D eigenvalue weighted by Gasteiger charge is 2.31. The quantitative estimate of drug-likeness (QED) is 0.330. The van der Waals surface area contributed by atoms with Crippen LogP contribution in [0, 0.1) is 18.3 Å². The maximum Gasteiger partial charge on any atom is 0.315 e. The van der Waals surface area contributed by atoms with E-state index in [1.807, 2.05) is 79.7 Å². The molecule has 0 radical (unpaired) electrons. The molecule has 0 saturated heterocycles. The third-order valence-electron chi connectivity index (χ3n) is 6.05. The Kier molecular flexibility index (Phi) is 5.49. The van der Waals surface area contributed by atoms with Gasteiger partial charge in [-0.1, -0.05) is 78.4 Å². The van der Waals surface area contributed by atoms with Crippen LogP contribution in [0.15, 0.2) is 96.4 Å². The average molecular weight is 447 g/mol. The molecule has 5 nitrogen and oxygen atoms in total. The Hall–Kier alpha value is -4.56. The van der Waals surface area contributed by atoms with Crippen molar-refractivity contribution in [1.82, 2.24) is 0 Å². The molecule has 0 aromatic heterocycles.